The normalized spacial score (nSPS) is 20.4. The highest BCUT2D eigenvalue weighted by Crippen LogP contribution is 2.34. The number of carbonyl (C=O) groups is 3. The molecule has 1 aromatic carbocycles. The van der Waals surface area contributed by atoms with Crippen LogP contribution < -0.4 is 21.1 Å². The van der Waals surface area contributed by atoms with E-state index in [4.69, 9.17) is 14.9 Å². The van der Waals surface area contributed by atoms with Gasteiger partial charge in [-0.1, -0.05) is 6.07 Å². The Balaban J connectivity index is 1.55. The van der Waals surface area contributed by atoms with Crippen molar-refractivity contribution in [3.8, 4) is 5.75 Å². The number of pyridine rings is 1. The molecule has 3 aromatic rings. The third kappa shape index (κ3) is 2.57. The predicted octanol–water partition coefficient (Wildman–Crippen LogP) is 1.11. The monoisotopic (exact) mass is 407 g/mol. The van der Waals surface area contributed by atoms with Crippen LogP contribution >= 0.6 is 0 Å². The zero-order valence-electron chi connectivity index (χ0n) is 15.9. The summed E-state index contributed by atoms with van der Waals surface area (Å²) in [6.45, 7) is 0.171. The lowest BCUT2D eigenvalue weighted by Gasteiger charge is -2.28. The van der Waals surface area contributed by atoms with Gasteiger partial charge in [-0.3, -0.25) is 14.9 Å². The molecule has 10 heteroatoms. The number of carbonyl (C=O) groups excluding carboxylic acids is 3. The molecular weight excluding hydrogens is 390 g/mol. The van der Waals surface area contributed by atoms with Crippen molar-refractivity contribution < 1.29 is 23.5 Å². The molecule has 1 saturated heterocycles. The number of urea groups is 1. The van der Waals surface area contributed by atoms with E-state index in [1.54, 1.807) is 30.3 Å². The van der Waals surface area contributed by atoms with Crippen LogP contribution in [0.3, 0.4) is 0 Å². The number of methoxy groups -OCH3 is 1. The van der Waals surface area contributed by atoms with Gasteiger partial charge in [0.2, 0.25) is 5.71 Å². The van der Waals surface area contributed by atoms with E-state index in [0.717, 1.165) is 5.56 Å². The number of hydrogen-bond acceptors (Lipinski definition) is 7. The van der Waals surface area contributed by atoms with E-state index in [9.17, 15) is 14.4 Å². The van der Waals surface area contributed by atoms with Crippen LogP contribution in [0.15, 0.2) is 40.9 Å². The van der Waals surface area contributed by atoms with Gasteiger partial charge in [-0.25, -0.2) is 9.78 Å². The standard InChI is InChI=1S/C20H17N5O5/c1-29-13-3-2-10-8-25(17(26)14(10)6-13)9-20(18(27)23-19(28)24-20)15-5-11-4-12(21)7-22-16(11)30-15/h2-7H,8-9,21H2,1H3,(H2,23,24,27,28)/t20-/m0/s1. The molecule has 0 bridgehead atoms. The average molecular weight is 407 g/mol. The van der Waals surface area contributed by atoms with Crippen LogP contribution in [0.4, 0.5) is 10.5 Å². The van der Waals surface area contributed by atoms with Gasteiger partial charge in [-0.15, -0.1) is 0 Å². The van der Waals surface area contributed by atoms with Gasteiger partial charge < -0.3 is 25.1 Å². The summed E-state index contributed by atoms with van der Waals surface area (Å²) >= 11 is 0. The molecule has 30 heavy (non-hydrogen) atoms. The SMILES string of the molecule is COc1ccc2c(c1)C(=O)N(C[C@@]1(c3cc4cc(N)cnc4o3)NC(=O)NC1=O)C2. The third-order valence-electron chi connectivity index (χ3n) is 5.38. The summed E-state index contributed by atoms with van der Waals surface area (Å²) in [6, 6.07) is 7.82. The smallest absolute Gasteiger partial charge is 0.322 e. The van der Waals surface area contributed by atoms with E-state index in [1.807, 2.05) is 0 Å². The number of anilines is 1. The van der Waals surface area contributed by atoms with Crippen molar-refractivity contribution in [2.75, 3.05) is 19.4 Å². The van der Waals surface area contributed by atoms with Crippen LogP contribution in [0.5, 0.6) is 5.75 Å². The molecule has 2 aromatic heterocycles. The first kappa shape index (κ1) is 18.0. The zero-order chi connectivity index (χ0) is 21.0. The first-order valence-electron chi connectivity index (χ1n) is 9.15. The molecule has 4 amide bonds. The number of hydrogen-bond donors (Lipinski definition) is 3. The Hall–Kier alpha value is -4.08. The number of rotatable bonds is 4. The topological polar surface area (TPSA) is 140 Å². The number of furan rings is 1. The van der Waals surface area contributed by atoms with Crippen molar-refractivity contribution in [3.05, 3.63) is 53.4 Å². The van der Waals surface area contributed by atoms with E-state index < -0.39 is 17.5 Å². The van der Waals surface area contributed by atoms with Crippen LogP contribution in [-0.2, 0) is 16.9 Å². The molecule has 2 aliphatic heterocycles. The molecule has 152 valence electrons. The van der Waals surface area contributed by atoms with Crippen LogP contribution in [-0.4, -0.2) is 41.4 Å². The number of nitrogens with two attached hydrogens (primary N) is 1. The number of aromatic nitrogens is 1. The average Bonchev–Trinajstić information content (AvgIpc) is 3.36. The highest BCUT2D eigenvalue weighted by Gasteiger charge is 2.53. The maximum absolute atomic E-state index is 13.0. The summed E-state index contributed by atoms with van der Waals surface area (Å²) in [7, 11) is 1.52. The van der Waals surface area contributed by atoms with E-state index in [1.165, 1.54) is 18.2 Å². The number of fused-ring (bicyclic) bond motifs is 2. The Kier molecular flexibility index (Phi) is 3.72. The molecule has 0 radical (unpaired) electrons. The second-order valence-electron chi connectivity index (χ2n) is 7.27. The Morgan fingerprint density at radius 1 is 1.27 bits per heavy atom. The van der Waals surface area contributed by atoms with Gasteiger partial charge in [0.05, 0.1) is 25.5 Å². The number of imide groups is 1. The van der Waals surface area contributed by atoms with Crippen molar-refractivity contribution in [2.45, 2.75) is 12.1 Å². The van der Waals surface area contributed by atoms with Crippen LogP contribution in [0.2, 0.25) is 0 Å². The van der Waals surface area contributed by atoms with Gasteiger partial charge in [-0.05, 0) is 29.8 Å². The van der Waals surface area contributed by atoms with Crippen molar-refractivity contribution in [1.82, 2.24) is 20.5 Å². The lowest BCUT2D eigenvalue weighted by Crippen LogP contribution is -2.52. The van der Waals surface area contributed by atoms with E-state index in [2.05, 4.69) is 15.6 Å². The molecule has 0 aliphatic carbocycles. The Morgan fingerprint density at radius 3 is 2.83 bits per heavy atom. The van der Waals surface area contributed by atoms with Crippen molar-refractivity contribution in [2.24, 2.45) is 0 Å². The second-order valence-corrected chi connectivity index (χ2v) is 7.27. The molecule has 4 heterocycles. The summed E-state index contributed by atoms with van der Waals surface area (Å²) in [6.07, 6.45) is 1.43. The highest BCUT2D eigenvalue weighted by molar-refractivity contribution is 6.08. The van der Waals surface area contributed by atoms with Crippen LogP contribution in [0.1, 0.15) is 21.7 Å². The molecular formula is C20H17N5O5. The molecule has 5 rings (SSSR count). The molecule has 0 saturated carbocycles. The fourth-order valence-electron chi connectivity index (χ4n) is 3.90. The molecule has 0 unspecified atom stereocenters. The molecule has 1 atom stereocenters. The molecule has 2 aliphatic rings. The zero-order valence-corrected chi connectivity index (χ0v) is 15.9. The largest absolute Gasteiger partial charge is 0.497 e. The Labute approximate surface area is 170 Å². The maximum atomic E-state index is 13.0. The van der Waals surface area contributed by atoms with Gasteiger partial charge in [0.25, 0.3) is 11.8 Å². The van der Waals surface area contributed by atoms with E-state index in [0.29, 0.717) is 22.4 Å². The first-order valence-corrected chi connectivity index (χ1v) is 9.15. The number of amides is 4. The van der Waals surface area contributed by atoms with Crippen molar-refractivity contribution in [1.29, 1.82) is 0 Å². The van der Waals surface area contributed by atoms with Crippen LogP contribution in [0.25, 0.3) is 11.1 Å². The summed E-state index contributed by atoms with van der Waals surface area (Å²) < 4.78 is 11.0. The van der Waals surface area contributed by atoms with Gasteiger partial charge in [-0.2, -0.15) is 0 Å². The predicted molar refractivity (Wildman–Crippen MR) is 105 cm³/mol. The first-order chi connectivity index (χ1) is 14.4. The number of benzene rings is 1. The Bertz CT molecular complexity index is 1240. The minimum Gasteiger partial charge on any atom is -0.497 e. The van der Waals surface area contributed by atoms with Gasteiger partial charge in [0.1, 0.15) is 11.5 Å². The third-order valence-corrected chi connectivity index (χ3v) is 5.38. The maximum Gasteiger partial charge on any atom is 0.322 e. The van der Waals surface area contributed by atoms with Gasteiger partial charge in [0.15, 0.2) is 5.54 Å². The van der Waals surface area contributed by atoms with Crippen LogP contribution in [0, 0.1) is 0 Å². The number of nitrogens with one attached hydrogen (secondary N) is 2. The quantitative estimate of drug-likeness (QED) is 0.550. The fourth-order valence-corrected chi connectivity index (χ4v) is 3.90. The number of nitrogens with zero attached hydrogens (tertiary/aromatic N) is 2. The molecule has 10 nitrogen and oxygen atoms in total. The Morgan fingerprint density at radius 2 is 2.10 bits per heavy atom. The minimum absolute atomic E-state index is 0.115. The highest BCUT2D eigenvalue weighted by atomic mass is 16.5. The lowest BCUT2D eigenvalue weighted by molar-refractivity contribution is -0.125. The second kappa shape index (κ2) is 6.21. The lowest BCUT2D eigenvalue weighted by atomic mass is 9.95. The van der Waals surface area contributed by atoms with Gasteiger partial charge >= 0.3 is 6.03 Å². The number of ether oxygens (including phenoxy) is 1. The summed E-state index contributed by atoms with van der Waals surface area (Å²) in [4.78, 5) is 43.5. The fraction of sp³-hybridized carbons (Fsp3) is 0.200. The molecule has 0 spiro atoms. The van der Waals surface area contributed by atoms with Gasteiger partial charge in [0, 0.05) is 17.5 Å². The van der Waals surface area contributed by atoms with Crippen molar-refractivity contribution >= 4 is 34.6 Å². The minimum atomic E-state index is -1.59. The summed E-state index contributed by atoms with van der Waals surface area (Å²) in [5, 5.41) is 5.46. The van der Waals surface area contributed by atoms with E-state index >= 15 is 0 Å². The molecule has 4 N–H and O–H groups in total. The summed E-state index contributed by atoms with van der Waals surface area (Å²) in [5.74, 6) is -0.150. The summed E-state index contributed by atoms with van der Waals surface area (Å²) in [5.41, 5.74) is 6.19. The molecule has 1 fully saturated rings. The van der Waals surface area contributed by atoms with Crippen molar-refractivity contribution in [3.63, 3.8) is 0 Å². The number of nitrogen functional groups attached to an aromatic ring is 1. The van der Waals surface area contributed by atoms with E-state index in [-0.39, 0.29) is 30.5 Å².